The van der Waals surface area contributed by atoms with E-state index in [1.165, 1.54) is 0 Å². The zero-order valence-electron chi connectivity index (χ0n) is 10.4. The highest BCUT2D eigenvalue weighted by atomic mass is 32.2. The molecule has 0 aromatic carbocycles. The molecular formula is C11H23NO3S. The van der Waals surface area contributed by atoms with Crippen LogP contribution in [0.2, 0.25) is 0 Å². The lowest BCUT2D eigenvalue weighted by atomic mass is 10.1. The number of hydrogen-bond acceptors (Lipinski definition) is 4. The van der Waals surface area contributed by atoms with Gasteiger partial charge in [0.1, 0.15) is 0 Å². The highest BCUT2D eigenvalue weighted by Crippen LogP contribution is 2.18. The van der Waals surface area contributed by atoms with E-state index in [2.05, 4.69) is 5.32 Å². The Balaban J connectivity index is 2.73. The number of rotatable bonds is 5. The minimum Gasteiger partial charge on any atom is -0.380 e. The molecule has 1 fully saturated rings. The lowest BCUT2D eigenvalue weighted by Crippen LogP contribution is -2.51. The first-order valence-electron chi connectivity index (χ1n) is 6.00. The first-order valence-corrected chi connectivity index (χ1v) is 7.71. The molecule has 2 unspecified atom stereocenters. The first-order chi connectivity index (χ1) is 7.47. The van der Waals surface area contributed by atoms with Gasteiger partial charge in [0.25, 0.3) is 0 Å². The molecule has 1 saturated heterocycles. The SMILES string of the molecule is CCNC1CCOCC1S(=O)(=O)CC(C)C. The summed E-state index contributed by atoms with van der Waals surface area (Å²) in [6.45, 7) is 7.67. The minimum atomic E-state index is -3.04. The van der Waals surface area contributed by atoms with Crippen LogP contribution < -0.4 is 5.32 Å². The second-order valence-electron chi connectivity index (χ2n) is 4.79. The van der Waals surface area contributed by atoms with E-state index in [0.29, 0.717) is 13.2 Å². The van der Waals surface area contributed by atoms with Crippen LogP contribution in [0.25, 0.3) is 0 Å². The van der Waals surface area contributed by atoms with Gasteiger partial charge < -0.3 is 10.1 Å². The van der Waals surface area contributed by atoms with Gasteiger partial charge in [0.05, 0.1) is 17.6 Å². The molecule has 4 nitrogen and oxygen atoms in total. The van der Waals surface area contributed by atoms with Crippen molar-refractivity contribution in [2.45, 2.75) is 38.5 Å². The van der Waals surface area contributed by atoms with Gasteiger partial charge in [0.2, 0.25) is 0 Å². The second-order valence-corrected chi connectivity index (χ2v) is 7.05. The summed E-state index contributed by atoms with van der Waals surface area (Å²) in [5.41, 5.74) is 0. The number of ether oxygens (including phenoxy) is 1. The Bertz CT molecular complexity index is 298. The highest BCUT2D eigenvalue weighted by Gasteiger charge is 2.35. The largest absolute Gasteiger partial charge is 0.380 e. The maximum atomic E-state index is 12.2. The van der Waals surface area contributed by atoms with Gasteiger partial charge in [0.15, 0.2) is 9.84 Å². The molecular weight excluding hydrogens is 226 g/mol. The van der Waals surface area contributed by atoms with E-state index in [1.807, 2.05) is 20.8 Å². The summed E-state index contributed by atoms with van der Waals surface area (Å²) in [5.74, 6) is 0.428. The molecule has 0 radical (unpaired) electrons. The summed E-state index contributed by atoms with van der Waals surface area (Å²) in [6.07, 6.45) is 0.788. The quantitative estimate of drug-likeness (QED) is 0.784. The third-order valence-corrected chi connectivity index (χ3v) is 5.32. The summed E-state index contributed by atoms with van der Waals surface area (Å²) in [6, 6.07) is 0.0579. The van der Waals surface area contributed by atoms with E-state index < -0.39 is 9.84 Å². The molecule has 0 bridgehead atoms. The molecule has 5 heteroatoms. The lowest BCUT2D eigenvalue weighted by molar-refractivity contribution is 0.0811. The van der Waals surface area contributed by atoms with Gasteiger partial charge in [-0.15, -0.1) is 0 Å². The maximum Gasteiger partial charge on any atom is 0.157 e. The van der Waals surface area contributed by atoms with Crippen molar-refractivity contribution in [3.05, 3.63) is 0 Å². The second kappa shape index (κ2) is 5.98. The van der Waals surface area contributed by atoms with Crippen molar-refractivity contribution >= 4 is 9.84 Å². The van der Waals surface area contributed by atoms with E-state index in [-0.39, 0.29) is 23.0 Å². The molecule has 0 spiro atoms. The normalized spacial score (nSPS) is 27.2. The number of sulfone groups is 1. The maximum absolute atomic E-state index is 12.2. The fourth-order valence-electron chi connectivity index (χ4n) is 2.15. The topological polar surface area (TPSA) is 55.4 Å². The van der Waals surface area contributed by atoms with Gasteiger partial charge in [0, 0.05) is 12.6 Å². The molecule has 96 valence electrons. The van der Waals surface area contributed by atoms with E-state index in [9.17, 15) is 8.42 Å². The third-order valence-electron chi connectivity index (χ3n) is 2.80. The third kappa shape index (κ3) is 3.71. The standard InChI is InChI=1S/C11H23NO3S/c1-4-12-10-5-6-15-7-11(10)16(13,14)8-9(2)3/h9-12H,4-8H2,1-3H3. The van der Waals surface area contributed by atoms with Gasteiger partial charge in [-0.3, -0.25) is 0 Å². The molecule has 0 aromatic rings. The van der Waals surface area contributed by atoms with Gasteiger partial charge in [-0.05, 0) is 18.9 Å². The van der Waals surface area contributed by atoms with Crippen LogP contribution >= 0.6 is 0 Å². The van der Waals surface area contributed by atoms with Crippen molar-refractivity contribution in [2.24, 2.45) is 5.92 Å². The number of nitrogens with one attached hydrogen (secondary N) is 1. The Morgan fingerprint density at radius 3 is 2.69 bits per heavy atom. The van der Waals surface area contributed by atoms with Crippen LogP contribution in [-0.4, -0.2) is 45.2 Å². The van der Waals surface area contributed by atoms with E-state index in [4.69, 9.17) is 4.74 Å². The summed E-state index contributed by atoms with van der Waals surface area (Å²) in [4.78, 5) is 0. The lowest BCUT2D eigenvalue weighted by Gasteiger charge is -2.32. The Morgan fingerprint density at radius 1 is 1.44 bits per heavy atom. The van der Waals surface area contributed by atoms with Crippen molar-refractivity contribution in [1.82, 2.24) is 5.32 Å². The van der Waals surface area contributed by atoms with Crippen LogP contribution in [0.15, 0.2) is 0 Å². The van der Waals surface area contributed by atoms with Crippen LogP contribution in [0.1, 0.15) is 27.2 Å². The Morgan fingerprint density at radius 2 is 2.12 bits per heavy atom. The number of hydrogen-bond donors (Lipinski definition) is 1. The van der Waals surface area contributed by atoms with Crippen molar-refractivity contribution in [3.63, 3.8) is 0 Å². The summed E-state index contributed by atoms with van der Waals surface area (Å²) in [5, 5.41) is 2.88. The predicted molar refractivity (Wildman–Crippen MR) is 65.3 cm³/mol. The average molecular weight is 249 g/mol. The van der Waals surface area contributed by atoms with E-state index >= 15 is 0 Å². The van der Waals surface area contributed by atoms with E-state index in [0.717, 1.165) is 13.0 Å². The Kier molecular flexibility index (Phi) is 5.21. The van der Waals surface area contributed by atoms with Gasteiger partial charge in [-0.25, -0.2) is 8.42 Å². The predicted octanol–water partition coefficient (Wildman–Crippen LogP) is 0.824. The Labute approximate surface area is 98.7 Å². The van der Waals surface area contributed by atoms with Crippen molar-refractivity contribution in [2.75, 3.05) is 25.5 Å². The van der Waals surface area contributed by atoms with Crippen molar-refractivity contribution in [1.29, 1.82) is 0 Å². The zero-order valence-corrected chi connectivity index (χ0v) is 11.2. The fraction of sp³-hybridized carbons (Fsp3) is 1.00. The summed E-state index contributed by atoms with van der Waals surface area (Å²) < 4.78 is 29.6. The highest BCUT2D eigenvalue weighted by molar-refractivity contribution is 7.92. The zero-order chi connectivity index (χ0) is 12.2. The monoisotopic (exact) mass is 249 g/mol. The smallest absolute Gasteiger partial charge is 0.157 e. The van der Waals surface area contributed by atoms with Crippen LogP contribution in [0, 0.1) is 5.92 Å². The molecule has 1 aliphatic heterocycles. The fourth-order valence-corrected chi connectivity index (χ4v) is 4.36. The van der Waals surface area contributed by atoms with Crippen molar-refractivity contribution in [3.8, 4) is 0 Å². The molecule has 16 heavy (non-hydrogen) atoms. The van der Waals surface area contributed by atoms with Gasteiger partial charge in [-0.2, -0.15) is 0 Å². The molecule has 1 heterocycles. The minimum absolute atomic E-state index is 0.0579. The molecule has 0 amide bonds. The molecule has 0 aromatic heterocycles. The molecule has 0 aliphatic carbocycles. The van der Waals surface area contributed by atoms with Crippen LogP contribution in [-0.2, 0) is 14.6 Å². The summed E-state index contributed by atoms with van der Waals surface area (Å²) >= 11 is 0. The van der Waals surface area contributed by atoms with Crippen LogP contribution in [0.5, 0.6) is 0 Å². The summed E-state index contributed by atoms with van der Waals surface area (Å²) in [7, 11) is -3.04. The van der Waals surface area contributed by atoms with Crippen molar-refractivity contribution < 1.29 is 13.2 Å². The van der Waals surface area contributed by atoms with E-state index in [1.54, 1.807) is 0 Å². The average Bonchev–Trinajstić information content (AvgIpc) is 2.17. The molecule has 1 rings (SSSR count). The molecule has 1 N–H and O–H groups in total. The van der Waals surface area contributed by atoms with Crippen LogP contribution in [0.4, 0.5) is 0 Å². The first kappa shape index (κ1) is 13.9. The van der Waals surface area contributed by atoms with Gasteiger partial charge in [-0.1, -0.05) is 20.8 Å². The Hall–Kier alpha value is -0.130. The molecule has 1 aliphatic rings. The van der Waals surface area contributed by atoms with Crippen LogP contribution in [0.3, 0.4) is 0 Å². The molecule has 0 saturated carbocycles. The van der Waals surface area contributed by atoms with Gasteiger partial charge >= 0.3 is 0 Å². The molecule has 2 atom stereocenters.